The number of rotatable bonds is 2. The van der Waals surface area contributed by atoms with Gasteiger partial charge < -0.3 is 5.11 Å². The van der Waals surface area contributed by atoms with E-state index < -0.39 is 21.2 Å². The molecular formula is C13H14O4S. The summed E-state index contributed by atoms with van der Waals surface area (Å²) < 4.78 is 24.7. The number of hydrogen-bond acceptors (Lipinski definition) is 3. The largest absolute Gasteiger partial charge is 0.481 e. The molecule has 0 amide bonds. The fourth-order valence-electron chi connectivity index (χ4n) is 2.02. The van der Waals surface area contributed by atoms with Gasteiger partial charge in [-0.25, -0.2) is 8.42 Å². The van der Waals surface area contributed by atoms with Crippen LogP contribution < -0.4 is 0 Å². The first kappa shape index (κ1) is 12.8. The first-order valence-electron chi connectivity index (χ1n) is 5.49. The number of carboxylic acid groups (broad SMARTS) is 1. The molecule has 0 radical (unpaired) electrons. The highest BCUT2D eigenvalue weighted by Gasteiger charge is 2.44. The second-order valence-electron chi connectivity index (χ2n) is 4.93. The van der Waals surface area contributed by atoms with Gasteiger partial charge in [0.2, 0.25) is 9.84 Å². The molecule has 0 bridgehead atoms. The fourth-order valence-corrected chi connectivity index (χ4v) is 4.06. The number of carboxylic acids is 1. The van der Waals surface area contributed by atoms with Gasteiger partial charge in [-0.2, -0.15) is 0 Å². The Balaban J connectivity index is 2.74. The van der Waals surface area contributed by atoms with Gasteiger partial charge in [0.05, 0.1) is 15.2 Å². The maximum absolute atomic E-state index is 12.4. The quantitative estimate of drug-likeness (QED) is 0.891. The van der Waals surface area contributed by atoms with Crippen molar-refractivity contribution in [2.45, 2.75) is 25.7 Å². The maximum atomic E-state index is 12.4. The zero-order valence-corrected chi connectivity index (χ0v) is 11.2. The Morgan fingerprint density at radius 2 is 1.89 bits per heavy atom. The molecule has 18 heavy (non-hydrogen) atoms. The minimum atomic E-state index is -3.69. The average Bonchev–Trinajstić information content (AvgIpc) is 2.53. The highest BCUT2D eigenvalue weighted by atomic mass is 32.2. The third-order valence-corrected chi connectivity index (χ3v) is 5.43. The second-order valence-corrected chi connectivity index (χ2v) is 6.82. The van der Waals surface area contributed by atoms with Crippen LogP contribution in [0.5, 0.6) is 0 Å². The molecule has 0 fully saturated rings. The van der Waals surface area contributed by atoms with Crippen LogP contribution in [0.25, 0.3) is 6.08 Å². The van der Waals surface area contributed by atoms with Gasteiger partial charge >= 0.3 is 5.97 Å². The lowest BCUT2D eigenvalue weighted by atomic mass is 9.92. The Bertz CT molecular complexity index is 666. The molecular weight excluding hydrogens is 252 g/mol. The maximum Gasteiger partial charge on any atom is 0.314 e. The lowest BCUT2D eigenvalue weighted by Crippen LogP contribution is -2.28. The summed E-state index contributed by atoms with van der Waals surface area (Å²) in [7, 11) is -3.69. The molecule has 1 aromatic rings. The predicted octanol–water partition coefficient (Wildman–Crippen LogP) is 2.23. The highest BCUT2D eigenvalue weighted by molar-refractivity contribution is 7.96. The second kappa shape index (κ2) is 3.68. The van der Waals surface area contributed by atoms with E-state index in [1.165, 1.54) is 26.0 Å². The summed E-state index contributed by atoms with van der Waals surface area (Å²) in [6.07, 6.45) is 1.48. The predicted molar refractivity (Wildman–Crippen MR) is 67.8 cm³/mol. The molecule has 2 rings (SSSR count). The van der Waals surface area contributed by atoms with Crippen molar-refractivity contribution in [2.75, 3.05) is 0 Å². The molecule has 1 aliphatic rings. The molecule has 0 aromatic heterocycles. The van der Waals surface area contributed by atoms with E-state index in [1.807, 2.05) is 13.0 Å². The number of aryl methyl sites for hydroxylation is 1. The molecule has 0 unspecified atom stereocenters. The van der Waals surface area contributed by atoms with E-state index >= 15 is 0 Å². The summed E-state index contributed by atoms with van der Waals surface area (Å²) in [5, 5.41) is 9.18. The molecule has 0 atom stereocenters. The molecule has 1 aromatic carbocycles. The van der Waals surface area contributed by atoms with E-state index in [-0.39, 0.29) is 9.80 Å². The van der Waals surface area contributed by atoms with Gasteiger partial charge in [-0.1, -0.05) is 12.1 Å². The molecule has 96 valence electrons. The van der Waals surface area contributed by atoms with Crippen LogP contribution >= 0.6 is 0 Å². The van der Waals surface area contributed by atoms with Gasteiger partial charge in [-0.3, -0.25) is 4.79 Å². The standard InChI is InChI=1S/C13H14O4S/c1-8-5-4-6-10-9(8)7-11(18(10,16)17)13(2,3)12(14)15/h4-7H,1-3H3,(H,14,15). The molecule has 0 saturated heterocycles. The van der Waals surface area contributed by atoms with E-state index in [4.69, 9.17) is 0 Å². The number of aliphatic carboxylic acids is 1. The number of benzene rings is 1. The summed E-state index contributed by atoms with van der Waals surface area (Å²) in [5.74, 6) is -1.15. The van der Waals surface area contributed by atoms with Gasteiger partial charge in [0, 0.05) is 0 Å². The van der Waals surface area contributed by atoms with Crippen molar-refractivity contribution < 1.29 is 18.3 Å². The third-order valence-electron chi connectivity index (χ3n) is 3.29. The van der Waals surface area contributed by atoms with Gasteiger partial charge in [0.15, 0.2) is 0 Å². The molecule has 0 saturated carbocycles. The van der Waals surface area contributed by atoms with Crippen LogP contribution in [-0.4, -0.2) is 19.5 Å². The Kier molecular flexibility index (Phi) is 2.63. The number of carbonyl (C=O) groups is 1. The smallest absolute Gasteiger partial charge is 0.314 e. The van der Waals surface area contributed by atoms with Crippen LogP contribution in [0.4, 0.5) is 0 Å². The molecule has 4 nitrogen and oxygen atoms in total. The average molecular weight is 266 g/mol. The number of sulfone groups is 1. The van der Waals surface area contributed by atoms with Crippen LogP contribution in [0.1, 0.15) is 25.0 Å². The molecule has 1 N–H and O–H groups in total. The zero-order valence-electron chi connectivity index (χ0n) is 10.4. The molecule has 0 aliphatic carbocycles. The topological polar surface area (TPSA) is 71.4 Å². The number of hydrogen-bond donors (Lipinski definition) is 1. The summed E-state index contributed by atoms with van der Waals surface area (Å²) >= 11 is 0. The van der Waals surface area contributed by atoms with Crippen molar-refractivity contribution in [1.29, 1.82) is 0 Å². The molecule has 1 heterocycles. The summed E-state index contributed by atoms with van der Waals surface area (Å²) in [6, 6.07) is 4.98. The number of fused-ring (bicyclic) bond motifs is 1. The monoisotopic (exact) mass is 266 g/mol. The van der Waals surface area contributed by atoms with Gasteiger partial charge in [-0.15, -0.1) is 0 Å². The van der Waals surface area contributed by atoms with Crippen molar-refractivity contribution in [1.82, 2.24) is 0 Å². The Labute approximate surface area is 106 Å². The van der Waals surface area contributed by atoms with Gasteiger partial charge in [0.1, 0.15) is 0 Å². The zero-order chi connectivity index (χ0) is 13.7. The van der Waals surface area contributed by atoms with Crippen LogP contribution in [0, 0.1) is 12.3 Å². The summed E-state index contributed by atoms with van der Waals surface area (Å²) in [5.41, 5.74) is -0.00121. The van der Waals surface area contributed by atoms with E-state index in [2.05, 4.69) is 0 Å². The molecule has 5 heteroatoms. The van der Waals surface area contributed by atoms with Crippen molar-refractivity contribution in [3.8, 4) is 0 Å². The van der Waals surface area contributed by atoms with Crippen molar-refractivity contribution in [3.05, 3.63) is 34.2 Å². The summed E-state index contributed by atoms with van der Waals surface area (Å²) in [6.45, 7) is 4.61. The van der Waals surface area contributed by atoms with E-state index in [1.54, 1.807) is 6.07 Å². The fraction of sp³-hybridized carbons (Fsp3) is 0.308. The molecule has 0 spiro atoms. The van der Waals surface area contributed by atoms with Crippen LogP contribution in [-0.2, 0) is 14.6 Å². The molecule has 1 aliphatic heterocycles. The normalized spacial score (nSPS) is 17.2. The third kappa shape index (κ3) is 1.58. The van der Waals surface area contributed by atoms with E-state index in [0.717, 1.165) is 5.56 Å². The summed E-state index contributed by atoms with van der Waals surface area (Å²) in [4.78, 5) is 11.4. The van der Waals surface area contributed by atoms with Gasteiger partial charge in [0.25, 0.3) is 0 Å². The van der Waals surface area contributed by atoms with Crippen LogP contribution in [0.15, 0.2) is 28.0 Å². The van der Waals surface area contributed by atoms with E-state index in [0.29, 0.717) is 5.56 Å². The minimum absolute atomic E-state index is 0.0493. The van der Waals surface area contributed by atoms with Gasteiger partial charge in [-0.05, 0) is 44.0 Å². The van der Waals surface area contributed by atoms with Crippen LogP contribution in [0.2, 0.25) is 0 Å². The Morgan fingerprint density at radius 1 is 1.28 bits per heavy atom. The van der Waals surface area contributed by atoms with Crippen molar-refractivity contribution in [3.63, 3.8) is 0 Å². The minimum Gasteiger partial charge on any atom is -0.481 e. The lowest BCUT2D eigenvalue weighted by molar-refractivity contribution is -0.144. The Morgan fingerprint density at radius 3 is 2.39 bits per heavy atom. The SMILES string of the molecule is Cc1cccc2c1C=C(C(C)(C)C(=O)O)S2(=O)=O. The highest BCUT2D eigenvalue weighted by Crippen LogP contribution is 2.43. The van der Waals surface area contributed by atoms with Crippen molar-refractivity contribution in [2.24, 2.45) is 5.41 Å². The lowest BCUT2D eigenvalue weighted by Gasteiger charge is -2.20. The van der Waals surface area contributed by atoms with Crippen LogP contribution in [0.3, 0.4) is 0 Å². The first-order valence-corrected chi connectivity index (χ1v) is 6.97. The Hall–Kier alpha value is -1.62. The van der Waals surface area contributed by atoms with E-state index in [9.17, 15) is 18.3 Å². The first-order chi connectivity index (χ1) is 8.19. The van der Waals surface area contributed by atoms with Crippen molar-refractivity contribution >= 4 is 21.9 Å².